The standard InChI is InChI=1S/C7H9NO3/c1-11-7(4-8)2-5(3-7)6(9)10/h5H,2-3H2,1H3,(H,9,10)/t5-,7+. The molecule has 0 aromatic rings. The van der Waals surface area contributed by atoms with Gasteiger partial charge in [-0.25, -0.2) is 0 Å². The number of hydrogen-bond donors (Lipinski definition) is 1. The third-order valence-corrected chi connectivity index (χ3v) is 2.10. The lowest BCUT2D eigenvalue weighted by molar-refractivity contribution is -0.155. The predicted octanol–water partition coefficient (Wildman–Crippen LogP) is 0.390. The number of aliphatic carboxylic acids is 1. The van der Waals surface area contributed by atoms with Crippen molar-refractivity contribution in [1.82, 2.24) is 0 Å². The van der Waals surface area contributed by atoms with Crippen molar-refractivity contribution in [2.45, 2.75) is 18.4 Å². The first kappa shape index (κ1) is 8.02. The van der Waals surface area contributed by atoms with E-state index in [9.17, 15) is 4.79 Å². The summed E-state index contributed by atoms with van der Waals surface area (Å²) in [6.45, 7) is 0. The SMILES string of the molecule is CO[C@]1(C#N)C[C@H](C(=O)O)C1. The summed E-state index contributed by atoms with van der Waals surface area (Å²) in [5.74, 6) is -1.23. The summed E-state index contributed by atoms with van der Waals surface area (Å²) in [5.41, 5.74) is -0.816. The highest BCUT2D eigenvalue weighted by Gasteiger charge is 2.48. The van der Waals surface area contributed by atoms with Gasteiger partial charge in [-0.2, -0.15) is 5.26 Å². The van der Waals surface area contributed by atoms with Crippen molar-refractivity contribution in [3.8, 4) is 6.07 Å². The van der Waals surface area contributed by atoms with Crippen LogP contribution in [0.4, 0.5) is 0 Å². The van der Waals surface area contributed by atoms with Crippen LogP contribution in [0.15, 0.2) is 0 Å². The van der Waals surface area contributed by atoms with Gasteiger partial charge in [0.1, 0.15) is 0 Å². The molecule has 4 nitrogen and oxygen atoms in total. The van der Waals surface area contributed by atoms with Gasteiger partial charge in [0, 0.05) is 20.0 Å². The Balaban J connectivity index is 2.50. The van der Waals surface area contributed by atoms with Gasteiger partial charge in [-0.3, -0.25) is 4.79 Å². The van der Waals surface area contributed by atoms with Crippen LogP contribution in [-0.4, -0.2) is 23.8 Å². The van der Waals surface area contributed by atoms with Crippen LogP contribution in [0.1, 0.15) is 12.8 Å². The number of methoxy groups -OCH3 is 1. The van der Waals surface area contributed by atoms with Crippen LogP contribution in [0.5, 0.6) is 0 Å². The molecule has 0 aromatic heterocycles. The van der Waals surface area contributed by atoms with E-state index in [1.807, 2.05) is 6.07 Å². The van der Waals surface area contributed by atoms with Gasteiger partial charge in [0.05, 0.1) is 12.0 Å². The summed E-state index contributed by atoms with van der Waals surface area (Å²) < 4.78 is 4.88. The molecule has 60 valence electrons. The third kappa shape index (κ3) is 1.19. The molecular weight excluding hydrogens is 146 g/mol. The number of ether oxygens (including phenoxy) is 1. The highest BCUT2D eigenvalue weighted by molar-refractivity contribution is 5.72. The molecule has 0 aromatic carbocycles. The number of rotatable bonds is 2. The Morgan fingerprint density at radius 2 is 2.36 bits per heavy atom. The lowest BCUT2D eigenvalue weighted by Crippen LogP contribution is -2.47. The molecule has 0 unspecified atom stereocenters. The maximum absolute atomic E-state index is 10.3. The zero-order chi connectivity index (χ0) is 8.48. The van der Waals surface area contributed by atoms with Crippen molar-refractivity contribution in [2.75, 3.05) is 7.11 Å². The van der Waals surface area contributed by atoms with Crippen molar-refractivity contribution in [1.29, 1.82) is 5.26 Å². The van der Waals surface area contributed by atoms with Crippen molar-refractivity contribution in [3.05, 3.63) is 0 Å². The van der Waals surface area contributed by atoms with Crippen LogP contribution in [-0.2, 0) is 9.53 Å². The lowest BCUT2D eigenvalue weighted by atomic mass is 9.72. The van der Waals surface area contributed by atoms with Crippen LogP contribution in [0, 0.1) is 17.2 Å². The summed E-state index contributed by atoms with van der Waals surface area (Å²) >= 11 is 0. The zero-order valence-electron chi connectivity index (χ0n) is 6.20. The molecule has 1 fully saturated rings. The fourth-order valence-electron chi connectivity index (χ4n) is 1.21. The van der Waals surface area contributed by atoms with E-state index in [0.29, 0.717) is 12.8 Å². The second-order valence-corrected chi connectivity index (χ2v) is 2.75. The van der Waals surface area contributed by atoms with Crippen molar-refractivity contribution in [2.24, 2.45) is 5.92 Å². The van der Waals surface area contributed by atoms with Gasteiger partial charge in [0.2, 0.25) is 0 Å². The Hall–Kier alpha value is -1.08. The molecule has 0 saturated heterocycles. The largest absolute Gasteiger partial charge is 0.481 e. The molecule has 1 rings (SSSR count). The van der Waals surface area contributed by atoms with E-state index in [1.54, 1.807) is 0 Å². The molecule has 1 saturated carbocycles. The fraction of sp³-hybridized carbons (Fsp3) is 0.714. The molecule has 0 radical (unpaired) electrons. The zero-order valence-corrected chi connectivity index (χ0v) is 6.20. The smallest absolute Gasteiger partial charge is 0.306 e. The molecule has 4 heteroatoms. The van der Waals surface area contributed by atoms with Crippen LogP contribution >= 0.6 is 0 Å². The quantitative estimate of drug-likeness (QED) is 0.626. The normalized spacial score (nSPS) is 35.5. The monoisotopic (exact) mass is 155 g/mol. The number of nitrogens with zero attached hydrogens (tertiary/aromatic N) is 1. The number of nitriles is 1. The molecule has 0 bridgehead atoms. The topological polar surface area (TPSA) is 70.3 Å². The summed E-state index contributed by atoms with van der Waals surface area (Å²) in [6.07, 6.45) is 0.630. The Kier molecular flexibility index (Phi) is 1.83. The Morgan fingerprint density at radius 3 is 2.64 bits per heavy atom. The highest BCUT2D eigenvalue weighted by atomic mass is 16.5. The second-order valence-electron chi connectivity index (χ2n) is 2.75. The summed E-state index contributed by atoms with van der Waals surface area (Å²) in [5, 5.41) is 17.1. The van der Waals surface area contributed by atoms with E-state index in [1.165, 1.54) is 7.11 Å². The maximum atomic E-state index is 10.3. The molecule has 0 atom stereocenters. The maximum Gasteiger partial charge on any atom is 0.306 e. The van der Waals surface area contributed by atoms with Gasteiger partial charge in [0.15, 0.2) is 5.60 Å². The van der Waals surface area contributed by atoms with E-state index >= 15 is 0 Å². The van der Waals surface area contributed by atoms with E-state index in [2.05, 4.69) is 0 Å². The van der Waals surface area contributed by atoms with Gasteiger partial charge in [-0.1, -0.05) is 0 Å². The van der Waals surface area contributed by atoms with Gasteiger partial charge < -0.3 is 9.84 Å². The second kappa shape index (κ2) is 2.51. The van der Waals surface area contributed by atoms with Gasteiger partial charge in [0.25, 0.3) is 0 Å². The first-order valence-corrected chi connectivity index (χ1v) is 3.33. The summed E-state index contributed by atoms with van der Waals surface area (Å²) in [7, 11) is 1.43. The Bertz CT molecular complexity index is 212. The van der Waals surface area contributed by atoms with E-state index < -0.39 is 17.5 Å². The van der Waals surface area contributed by atoms with Crippen LogP contribution in [0.2, 0.25) is 0 Å². The third-order valence-electron chi connectivity index (χ3n) is 2.10. The number of carbonyl (C=O) groups is 1. The van der Waals surface area contributed by atoms with Crippen LogP contribution in [0.3, 0.4) is 0 Å². The average Bonchev–Trinajstić information content (AvgIpc) is 1.87. The molecule has 1 aliphatic carbocycles. The average molecular weight is 155 g/mol. The first-order chi connectivity index (χ1) is 5.13. The van der Waals surface area contributed by atoms with Gasteiger partial charge in [-0.15, -0.1) is 0 Å². The van der Waals surface area contributed by atoms with Gasteiger partial charge in [-0.05, 0) is 0 Å². The number of carboxylic acid groups (broad SMARTS) is 1. The Morgan fingerprint density at radius 1 is 1.82 bits per heavy atom. The fourth-order valence-corrected chi connectivity index (χ4v) is 1.21. The number of carboxylic acids is 1. The summed E-state index contributed by atoms with van der Waals surface area (Å²) in [4.78, 5) is 10.3. The number of hydrogen-bond acceptors (Lipinski definition) is 3. The molecule has 1 N–H and O–H groups in total. The molecule has 0 aliphatic heterocycles. The van der Waals surface area contributed by atoms with Crippen LogP contribution < -0.4 is 0 Å². The molecule has 0 amide bonds. The molecular formula is C7H9NO3. The highest BCUT2D eigenvalue weighted by Crippen LogP contribution is 2.39. The minimum absolute atomic E-state index is 0.315. The lowest BCUT2D eigenvalue weighted by Gasteiger charge is -2.38. The van der Waals surface area contributed by atoms with Gasteiger partial charge >= 0.3 is 5.97 Å². The minimum Gasteiger partial charge on any atom is -0.481 e. The molecule has 0 heterocycles. The van der Waals surface area contributed by atoms with Crippen LogP contribution in [0.25, 0.3) is 0 Å². The van der Waals surface area contributed by atoms with E-state index in [-0.39, 0.29) is 0 Å². The van der Waals surface area contributed by atoms with E-state index in [0.717, 1.165) is 0 Å². The molecule has 0 spiro atoms. The van der Waals surface area contributed by atoms with E-state index in [4.69, 9.17) is 15.1 Å². The summed E-state index contributed by atoms with van der Waals surface area (Å²) in [6, 6.07) is 1.96. The molecule has 1 aliphatic rings. The Labute approximate surface area is 64.4 Å². The van der Waals surface area contributed by atoms with Crippen molar-refractivity contribution in [3.63, 3.8) is 0 Å². The van der Waals surface area contributed by atoms with Crippen molar-refractivity contribution >= 4 is 5.97 Å². The predicted molar refractivity (Wildman–Crippen MR) is 35.7 cm³/mol. The van der Waals surface area contributed by atoms with Crippen molar-refractivity contribution < 1.29 is 14.6 Å². The molecule has 11 heavy (non-hydrogen) atoms. The minimum atomic E-state index is -0.840. The first-order valence-electron chi connectivity index (χ1n) is 3.33.